The summed E-state index contributed by atoms with van der Waals surface area (Å²) in [5, 5.41) is 19.2. The zero-order valence-electron chi connectivity index (χ0n) is 14.3. The Labute approximate surface area is 145 Å². The molecule has 0 aliphatic rings. The molecule has 1 atom stereocenters. The van der Waals surface area contributed by atoms with E-state index in [1.54, 1.807) is 13.0 Å². The number of rotatable bonds is 8. The summed E-state index contributed by atoms with van der Waals surface area (Å²) >= 11 is 0. The van der Waals surface area contributed by atoms with Gasteiger partial charge in [0.15, 0.2) is 0 Å². The van der Waals surface area contributed by atoms with Crippen molar-refractivity contribution in [2.45, 2.75) is 32.8 Å². The van der Waals surface area contributed by atoms with Crippen molar-refractivity contribution >= 4 is 11.0 Å². The standard InChI is InChI=1S/C19H22O6/c1-12(2)16(25-22)6-4-13(3)8-9-23-17-10-14(20)11-18-15(17)5-7-19(21)24-18/h5,7-8,10-11,16,20,22H,1,4,6,9H2,2-3H3/b13-8+. The van der Waals surface area contributed by atoms with Crippen LogP contribution in [0.1, 0.15) is 26.7 Å². The summed E-state index contributed by atoms with van der Waals surface area (Å²) in [5.74, 6) is 0.392. The van der Waals surface area contributed by atoms with E-state index in [0.717, 1.165) is 17.6 Å². The predicted molar refractivity (Wildman–Crippen MR) is 95.0 cm³/mol. The fourth-order valence-corrected chi connectivity index (χ4v) is 2.37. The van der Waals surface area contributed by atoms with Gasteiger partial charge < -0.3 is 14.3 Å². The van der Waals surface area contributed by atoms with Gasteiger partial charge in [0.05, 0.1) is 5.39 Å². The third-order valence-corrected chi connectivity index (χ3v) is 3.83. The van der Waals surface area contributed by atoms with Crippen molar-refractivity contribution in [3.05, 3.63) is 58.5 Å². The molecule has 0 saturated carbocycles. The molecule has 0 amide bonds. The van der Waals surface area contributed by atoms with Gasteiger partial charge in [-0.25, -0.2) is 9.68 Å². The molecule has 0 aliphatic carbocycles. The van der Waals surface area contributed by atoms with Crippen molar-refractivity contribution in [3.8, 4) is 11.5 Å². The lowest BCUT2D eigenvalue weighted by molar-refractivity contribution is -0.269. The highest BCUT2D eigenvalue weighted by Gasteiger charge is 2.10. The first-order valence-electron chi connectivity index (χ1n) is 7.91. The molecule has 0 saturated heterocycles. The van der Waals surface area contributed by atoms with E-state index in [1.807, 2.05) is 13.0 Å². The molecular formula is C19H22O6. The highest BCUT2D eigenvalue weighted by molar-refractivity contribution is 5.84. The lowest BCUT2D eigenvalue weighted by Crippen LogP contribution is -2.11. The van der Waals surface area contributed by atoms with Gasteiger partial charge in [0.25, 0.3) is 0 Å². The summed E-state index contributed by atoms with van der Waals surface area (Å²) in [6, 6.07) is 5.75. The van der Waals surface area contributed by atoms with Crippen LogP contribution in [0.4, 0.5) is 0 Å². The van der Waals surface area contributed by atoms with Crippen LogP contribution < -0.4 is 10.4 Å². The maximum atomic E-state index is 11.3. The molecule has 1 aromatic heterocycles. The summed E-state index contributed by atoms with van der Waals surface area (Å²) in [5.41, 5.74) is 1.61. The first-order chi connectivity index (χ1) is 11.9. The Morgan fingerprint density at radius 1 is 1.36 bits per heavy atom. The van der Waals surface area contributed by atoms with Gasteiger partial charge in [-0.2, -0.15) is 0 Å². The molecule has 1 heterocycles. The van der Waals surface area contributed by atoms with Crippen molar-refractivity contribution in [2.75, 3.05) is 6.61 Å². The quantitative estimate of drug-likeness (QED) is 0.324. The van der Waals surface area contributed by atoms with Gasteiger partial charge in [-0.3, -0.25) is 5.26 Å². The molecule has 0 bridgehead atoms. The number of fused-ring (bicyclic) bond motifs is 1. The van der Waals surface area contributed by atoms with Crippen molar-refractivity contribution in [1.82, 2.24) is 0 Å². The Hall–Kier alpha value is -2.57. The van der Waals surface area contributed by atoms with Crippen molar-refractivity contribution in [3.63, 3.8) is 0 Å². The molecule has 6 heteroatoms. The van der Waals surface area contributed by atoms with Gasteiger partial charge in [-0.15, -0.1) is 0 Å². The van der Waals surface area contributed by atoms with Crippen molar-refractivity contribution in [2.24, 2.45) is 0 Å². The van der Waals surface area contributed by atoms with Crippen LogP contribution in [0.15, 0.2) is 57.3 Å². The van der Waals surface area contributed by atoms with Crippen LogP contribution in [0.5, 0.6) is 11.5 Å². The van der Waals surface area contributed by atoms with Gasteiger partial charge in [-0.1, -0.05) is 12.2 Å². The average Bonchev–Trinajstić information content (AvgIpc) is 2.54. The van der Waals surface area contributed by atoms with E-state index in [1.165, 1.54) is 18.2 Å². The lowest BCUT2D eigenvalue weighted by Gasteiger charge is -2.13. The van der Waals surface area contributed by atoms with E-state index in [0.29, 0.717) is 24.2 Å². The predicted octanol–water partition coefficient (Wildman–Crippen LogP) is 4.04. The molecule has 25 heavy (non-hydrogen) atoms. The summed E-state index contributed by atoms with van der Waals surface area (Å²) in [7, 11) is 0. The van der Waals surface area contributed by atoms with Crippen LogP contribution in [-0.2, 0) is 4.89 Å². The zero-order chi connectivity index (χ0) is 18.4. The second-order valence-electron chi connectivity index (χ2n) is 5.95. The lowest BCUT2D eigenvalue weighted by atomic mass is 10.0. The van der Waals surface area contributed by atoms with Gasteiger partial charge >= 0.3 is 5.63 Å². The molecule has 134 valence electrons. The van der Waals surface area contributed by atoms with E-state index in [4.69, 9.17) is 14.4 Å². The second kappa shape index (κ2) is 8.50. The van der Waals surface area contributed by atoms with Crippen LogP contribution in [0.3, 0.4) is 0 Å². The number of phenolic OH excluding ortho intramolecular Hbond substituents is 1. The molecule has 2 N–H and O–H groups in total. The maximum Gasteiger partial charge on any atom is 0.336 e. The summed E-state index contributed by atoms with van der Waals surface area (Å²) in [6.07, 6.45) is 2.86. The molecule has 1 aromatic carbocycles. The van der Waals surface area contributed by atoms with E-state index in [2.05, 4.69) is 11.5 Å². The van der Waals surface area contributed by atoms with Gasteiger partial charge in [0.2, 0.25) is 0 Å². The Morgan fingerprint density at radius 3 is 2.80 bits per heavy atom. The number of phenols is 1. The van der Waals surface area contributed by atoms with E-state index < -0.39 is 5.63 Å². The Balaban J connectivity index is 2.02. The normalized spacial score (nSPS) is 13.0. The number of hydrogen-bond acceptors (Lipinski definition) is 6. The van der Waals surface area contributed by atoms with Gasteiger partial charge in [-0.05, 0) is 44.4 Å². The molecule has 0 aliphatic heterocycles. The molecule has 2 aromatic rings. The molecule has 0 fully saturated rings. The van der Waals surface area contributed by atoms with Crippen molar-refractivity contribution < 1.29 is 24.4 Å². The largest absolute Gasteiger partial charge is 0.508 e. The number of allylic oxidation sites excluding steroid dienone is 1. The Bertz CT molecular complexity index is 833. The molecule has 2 rings (SSSR count). The third kappa shape index (κ3) is 5.20. The fourth-order valence-electron chi connectivity index (χ4n) is 2.37. The summed E-state index contributed by atoms with van der Waals surface area (Å²) in [6.45, 7) is 7.81. The first-order valence-corrected chi connectivity index (χ1v) is 7.91. The van der Waals surface area contributed by atoms with Crippen molar-refractivity contribution in [1.29, 1.82) is 0 Å². The topological polar surface area (TPSA) is 89.1 Å². The van der Waals surface area contributed by atoms with E-state index in [9.17, 15) is 9.90 Å². The number of ether oxygens (including phenoxy) is 1. The number of aromatic hydroxyl groups is 1. The van der Waals surface area contributed by atoms with Gasteiger partial charge in [0.1, 0.15) is 29.8 Å². The highest BCUT2D eigenvalue weighted by Crippen LogP contribution is 2.29. The number of hydrogen-bond donors (Lipinski definition) is 2. The van der Waals surface area contributed by atoms with E-state index >= 15 is 0 Å². The minimum atomic E-state index is -0.488. The Morgan fingerprint density at radius 2 is 2.12 bits per heavy atom. The zero-order valence-corrected chi connectivity index (χ0v) is 14.3. The van der Waals surface area contributed by atoms with Crippen LogP contribution in [0, 0.1) is 0 Å². The fraction of sp³-hybridized carbons (Fsp3) is 0.316. The molecule has 6 nitrogen and oxygen atoms in total. The first kappa shape index (κ1) is 18.8. The molecular weight excluding hydrogens is 324 g/mol. The molecule has 0 radical (unpaired) electrons. The second-order valence-corrected chi connectivity index (χ2v) is 5.95. The highest BCUT2D eigenvalue weighted by atomic mass is 17.1. The van der Waals surface area contributed by atoms with Crippen LogP contribution in [0.25, 0.3) is 11.0 Å². The van der Waals surface area contributed by atoms with Crippen LogP contribution >= 0.6 is 0 Å². The Kier molecular flexibility index (Phi) is 6.38. The van der Waals surface area contributed by atoms with Gasteiger partial charge in [0, 0.05) is 18.2 Å². The monoisotopic (exact) mass is 346 g/mol. The summed E-state index contributed by atoms with van der Waals surface area (Å²) < 4.78 is 10.7. The minimum Gasteiger partial charge on any atom is -0.508 e. The summed E-state index contributed by atoms with van der Waals surface area (Å²) in [4.78, 5) is 15.7. The average molecular weight is 346 g/mol. The minimum absolute atomic E-state index is 0.0399. The van der Waals surface area contributed by atoms with Crippen LogP contribution in [0.2, 0.25) is 0 Å². The van der Waals surface area contributed by atoms with E-state index in [-0.39, 0.29) is 17.4 Å². The maximum absolute atomic E-state index is 11.3. The molecule has 0 spiro atoms. The third-order valence-electron chi connectivity index (χ3n) is 3.83. The van der Waals surface area contributed by atoms with Crippen LogP contribution in [-0.4, -0.2) is 23.1 Å². The number of benzene rings is 1. The molecule has 1 unspecified atom stereocenters. The smallest absolute Gasteiger partial charge is 0.336 e. The SMILES string of the molecule is C=C(C)C(CC/C(C)=C/COc1cc(O)cc2oc(=O)ccc12)OO.